The number of nitrogens with zero attached hydrogens (tertiary/aromatic N) is 3. The summed E-state index contributed by atoms with van der Waals surface area (Å²) >= 11 is 0. The van der Waals surface area contributed by atoms with Crippen LogP contribution in [0.3, 0.4) is 0 Å². The number of amides is 1. The third kappa shape index (κ3) is 3.98. The number of aryl methyl sites for hydroxylation is 2. The van der Waals surface area contributed by atoms with E-state index in [0.29, 0.717) is 11.7 Å². The largest absolute Gasteiger partial charge is 0.335 e. The van der Waals surface area contributed by atoms with Crippen molar-refractivity contribution in [2.45, 2.75) is 46.6 Å². The van der Waals surface area contributed by atoms with Gasteiger partial charge < -0.3 is 4.90 Å². The van der Waals surface area contributed by atoms with E-state index in [2.05, 4.69) is 61.0 Å². The monoisotopic (exact) mass is 354 g/mol. The fraction of sp³-hybridized carbons (Fsp3) is 0.524. The van der Waals surface area contributed by atoms with Crippen LogP contribution in [0.25, 0.3) is 11.3 Å². The molecular formula is C21H30N4O. The van der Waals surface area contributed by atoms with Crippen LogP contribution in [0, 0.1) is 13.8 Å². The molecule has 0 spiro atoms. The Morgan fingerprint density at radius 2 is 1.88 bits per heavy atom. The first-order valence-corrected chi connectivity index (χ1v) is 9.66. The molecule has 1 amide bonds. The van der Waals surface area contributed by atoms with Crippen molar-refractivity contribution in [3.63, 3.8) is 0 Å². The van der Waals surface area contributed by atoms with E-state index in [0.717, 1.165) is 37.4 Å². The molecule has 1 fully saturated rings. The van der Waals surface area contributed by atoms with Crippen LogP contribution in [0.15, 0.2) is 24.3 Å². The molecule has 3 rings (SSSR count). The predicted octanol–water partition coefficient (Wildman–Crippen LogP) is 3.64. The van der Waals surface area contributed by atoms with Gasteiger partial charge in [0.15, 0.2) is 0 Å². The molecule has 140 valence electrons. The van der Waals surface area contributed by atoms with E-state index in [4.69, 9.17) is 0 Å². The lowest BCUT2D eigenvalue weighted by molar-refractivity contribution is 0.0569. The summed E-state index contributed by atoms with van der Waals surface area (Å²) in [7, 11) is 0. The zero-order valence-corrected chi connectivity index (χ0v) is 16.4. The molecule has 5 heteroatoms. The highest BCUT2D eigenvalue weighted by molar-refractivity contribution is 5.93. The fourth-order valence-corrected chi connectivity index (χ4v) is 3.62. The van der Waals surface area contributed by atoms with Crippen molar-refractivity contribution in [2.75, 3.05) is 26.2 Å². The third-order valence-electron chi connectivity index (χ3n) is 5.54. The number of piperazine rings is 1. The minimum Gasteiger partial charge on any atom is -0.335 e. The van der Waals surface area contributed by atoms with Crippen molar-refractivity contribution < 1.29 is 4.79 Å². The molecular weight excluding hydrogens is 324 g/mol. The number of carbonyl (C=O) groups is 1. The molecule has 1 N–H and O–H groups in total. The van der Waals surface area contributed by atoms with Gasteiger partial charge in [0.05, 0.1) is 5.69 Å². The highest BCUT2D eigenvalue weighted by Crippen LogP contribution is 2.22. The van der Waals surface area contributed by atoms with Gasteiger partial charge >= 0.3 is 0 Å². The second-order valence-electron chi connectivity index (χ2n) is 7.43. The third-order valence-corrected chi connectivity index (χ3v) is 5.54. The van der Waals surface area contributed by atoms with E-state index in [1.807, 2.05) is 11.0 Å². The van der Waals surface area contributed by atoms with Gasteiger partial charge in [0.25, 0.3) is 5.91 Å². The van der Waals surface area contributed by atoms with Crippen LogP contribution in [0.2, 0.25) is 0 Å². The minimum atomic E-state index is 0.0513. The number of carbonyl (C=O) groups excluding carboxylic acids is 1. The molecule has 0 unspecified atom stereocenters. The number of nitrogens with one attached hydrogen (secondary N) is 1. The normalized spacial score (nSPS) is 16.7. The highest BCUT2D eigenvalue weighted by atomic mass is 16.2. The van der Waals surface area contributed by atoms with Crippen molar-refractivity contribution >= 4 is 5.91 Å². The molecule has 1 saturated heterocycles. The second kappa shape index (κ2) is 8.04. The number of hydrogen-bond acceptors (Lipinski definition) is 3. The number of aromatic amines is 1. The summed E-state index contributed by atoms with van der Waals surface area (Å²) in [5, 5.41) is 7.29. The first kappa shape index (κ1) is 18.6. The van der Waals surface area contributed by atoms with E-state index < -0.39 is 0 Å². The summed E-state index contributed by atoms with van der Waals surface area (Å²) in [6, 6.07) is 8.74. The lowest BCUT2D eigenvalue weighted by atomic mass is 10.0. The van der Waals surface area contributed by atoms with Gasteiger partial charge in [0.1, 0.15) is 5.69 Å². The van der Waals surface area contributed by atoms with Gasteiger partial charge in [0, 0.05) is 37.8 Å². The fourth-order valence-electron chi connectivity index (χ4n) is 3.62. The molecule has 0 radical (unpaired) electrons. The molecule has 0 saturated carbocycles. The summed E-state index contributed by atoms with van der Waals surface area (Å²) in [4.78, 5) is 17.2. The van der Waals surface area contributed by atoms with Crippen LogP contribution in [-0.4, -0.2) is 58.1 Å². The topological polar surface area (TPSA) is 52.2 Å². The number of rotatable bonds is 5. The Balaban J connectivity index is 1.64. The van der Waals surface area contributed by atoms with E-state index >= 15 is 0 Å². The summed E-state index contributed by atoms with van der Waals surface area (Å²) in [5.41, 5.74) is 4.94. The Labute approximate surface area is 156 Å². The quantitative estimate of drug-likeness (QED) is 0.892. The van der Waals surface area contributed by atoms with Crippen molar-refractivity contribution in [3.8, 4) is 11.3 Å². The van der Waals surface area contributed by atoms with Crippen LogP contribution < -0.4 is 0 Å². The molecule has 1 aromatic carbocycles. The summed E-state index contributed by atoms with van der Waals surface area (Å²) in [6.45, 7) is 12.2. The molecule has 1 aliphatic rings. The van der Waals surface area contributed by atoms with Gasteiger partial charge in [0.2, 0.25) is 0 Å². The molecule has 1 atom stereocenters. The van der Waals surface area contributed by atoms with Crippen molar-refractivity contribution in [1.29, 1.82) is 0 Å². The molecule has 2 heterocycles. The van der Waals surface area contributed by atoms with Crippen LogP contribution in [-0.2, 0) is 0 Å². The lowest BCUT2D eigenvalue weighted by Gasteiger charge is -2.37. The molecule has 2 aromatic rings. The van der Waals surface area contributed by atoms with Gasteiger partial charge in [-0.1, -0.05) is 25.5 Å². The van der Waals surface area contributed by atoms with Crippen LogP contribution >= 0.6 is 0 Å². The SMILES string of the molecule is CCC[C@@H](C)N1CCN(C(=O)c2cc(-c3ccc(C)c(C)c3)n[nH]2)CC1. The van der Waals surface area contributed by atoms with Crippen LogP contribution in [0.5, 0.6) is 0 Å². The van der Waals surface area contributed by atoms with Crippen LogP contribution in [0.1, 0.15) is 48.3 Å². The Morgan fingerprint density at radius 1 is 1.15 bits per heavy atom. The number of benzene rings is 1. The molecule has 5 nitrogen and oxygen atoms in total. The van der Waals surface area contributed by atoms with Gasteiger partial charge in [-0.25, -0.2) is 0 Å². The summed E-state index contributed by atoms with van der Waals surface area (Å²) in [5.74, 6) is 0.0513. The molecule has 26 heavy (non-hydrogen) atoms. The van der Waals surface area contributed by atoms with E-state index in [-0.39, 0.29) is 5.91 Å². The average Bonchev–Trinajstić information content (AvgIpc) is 3.14. The zero-order valence-electron chi connectivity index (χ0n) is 16.4. The zero-order chi connectivity index (χ0) is 18.7. The molecule has 0 aliphatic carbocycles. The van der Waals surface area contributed by atoms with Gasteiger partial charge in [-0.3, -0.25) is 14.8 Å². The predicted molar refractivity (Wildman–Crippen MR) is 105 cm³/mol. The number of aromatic nitrogens is 2. The van der Waals surface area contributed by atoms with Gasteiger partial charge in [-0.15, -0.1) is 0 Å². The molecule has 1 aromatic heterocycles. The maximum Gasteiger partial charge on any atom is 0.271 e. The Hall–Kier alpha value is -2.14. The van der Waals surface area contributed by atoms with E-state index in [9.17, 15) is 4.79 Å². The molecule has 0 bridgehead atoms. The second-order valence-corrected chi connectivity index (χ2v) is 7.43. The smallest absolute Gasteiger partial charge is 0.271 e. The lowest BCUT2D eigenvalue weighted by Crippen LogP contribution is -2.51. The standard InChI is InChI=1S/C21H30N4O/c1-5-6-17(4)24-9-11-25(12-10-24)21(26)20-14-19(22-23-20)18-8-7-15(2)16(3)13-18/h7-8,13-14,17H,5-6,9-12H2,1-4H3,(H,22,23)/t17-/m1/s1. The summed E-state index contributed by atoms with van der Waals surface area (Å²) < 4.78 is 0. The number of hydrogen-bond donors (Lipinski definition) is 1. The Morgan fingerprint density at radius 3 is 2.54 bits per heavy atom. The molecule has 1 aliphatic heterocycles. The minimum absolute atomic E-state index is 0.0513. The summed E-state index contributed by atoms with van der Waals surface area (Å²) in [6.07, 6.45) is 2.42. The van der Waals surface area contributed by atoms with Crippen molar-refractivity contribution in [3.05, 3.63) is 41.1 Å². The van der Waals surface area contributed by atoms with Gasteiger partial charge in [-0.2, -0.15) is 5.10 Å². The maximum absolute atomic E-state index is 12.8. The Kier molecular flexibility index (Phi) is 5.77. The first-order chi connectivity index (χ1) is 12.5. The number of H-pyrrole nitrogens is 1. The van der Waals surface area contributed by atoms with Crippen molar-refractivity contribution in [1.82, 2.24) is 20.0 Å². The maximum atomic E-state index is 12.8. The average molecular weight is 354 g/mol. The van der Waals surface area contributed by atoms with E-state index in [1.54, 1.807) is 0 Å². The highest BCUT2D eigenvalue weighted by Gasteiger charge is 2.25. The van der Waals surface area contributed by atoms with E-state index in [1.165, 1.54) is 24.0 Å². The Bertz CT molecular complexity index is 759. The van der Waals surface area contributed by atoms with Crippen molar-refractivity contribution in [2.24, 2.45) is 0 Å². The van der Waals surface area contributed by atoms with Crippen LogP contribution in [0.4, 0.5) is 0 Å². The first-order valence-electron chi connectivity index (χ1n) is 9.66. The van der Waals surface area contributed by atoms with Gasteiger partial charge in [-0.05, 0) is 50.5 Å².